The Morgan fingerprint density at radius 3 is 2.82 bits per heavy atom. The molecule has 0 fully saturated rings. The first-order valence-corrected chi connectivity index (χ1v) is 5.87. The lowest BCUT2D eigenvalue weighted by atomic mass is 10.1. The largest absolute Gasteiger partial charge is 0.399 e. The van der Waals surface area contributed by atoms with Crippen LogP contribution in [0, 0.1) is 0 Å². The second-order valence-electron chi connectivity index (χ2n) is 3.76. The van der Waals surface area contributed by atoms with E-state index in [1.165, 1.54) is 12.1 Å². The van der Waals surface area contributed by atoms with Crippen LogP contribution in [0.5, 0.6) is 0 Å². The van der Waals surface area contributed by atoms with Gasteiger partial charge in [-0.2, -0.15) is 0 Å². The van der Waals surface area contributed by atoms with E-state index in [4.69, 9.17) is 28.9 Å². The van der Waals surface area contributed by atoms with E-state index in [9.17, 15) is 4.79 Å². The van der Waals surface area contributed by atoms with Crippen LogP contribution in [0.1, 0.15) is 23.7 Å². The minimum Gasteiger partial charge on any atom is -0.399 e. The van der Waals surface area contributed by atoms with E-state index >= 15 is 0 Å². The highest BCUT2D eigenvalue weighted by molar-refractivity contribution is 6.44. The number of halogens is 2. The van der Waals surface area contributed by atoms with Crippen LogP contribution < -0.4 is 11.1 Å². The smallest absolute Gasteiger partial charge is 0.253 e. The van der Waals surface area contributed by atoms with Crippen LogP contribution in [0.3, 0.4) is 0 Å². The maximum absolute atomic E-state index is 11.9. The highest BCUT2D eigenvalue weighted by Crippen LogP contribution is 2.28. The molecule has 0 heterocycles. The monoisotopic (exact) mass is 272 g/mol. The molecule has 0 bridgehead atoms. The summed E-state index contributed by atoms with van der Waals surface area (Å²) in [6, 6.07) is 2.99. The Labute approximate surface area is 111 Å². The zero-order valence-electron chi connectivity index (χ0n) is 9.47. The minimum atomic E-state index is -0.293. The van der Waals surface area contributed by atoms with Gasteiger partial charge in [0.25, 0.3) is 5.91 Å². The average molecular weight is 273 g/mol. The highest BCUT2D eigenvalue weighted by Gasteiger charge is 2.15. The Balaban J connectivity index is 2.92. The molecule has 0 saturated carbocycles. The average Bonchev–Trinajstić information content (AvgIpc) is 2.23. The zero-order chi connectivity index (χ0) is 13.0. The number of nitrogens with one attached hydrogen (secondary N) is 1. The van der Waals surface area contributed by atoms with E-state index in [0.717, 1.165) is 0 Å². The number of hydrogen-bond donors (Lipinski definition) is 2. The number of anilines is 1. The van der Waals surface area contributed by atoms with Gasteiger partial charge in [-0.15, -0.1) is 6.58 Å². The van der Waals surface area contributed by atoms with Crippen molar-refractivity contribution in [1.82, 2.24) is 5.32 Å². The molecule has 0 aromatic heterocycles. The Morgan fingerprint density at radius 1 is 1.59 bits per heavy atom. The molecule has 0 aliphatic heterocycles. The molecule has 3 nitrogen and oxygen atoms in total. The maximum Gasteiger partial charge on any atom is 0.253 e. The molecule has 0 aliphatic rings. The molecular formula is C12H14Cl2N2O. The van der Waals surface area contributed by atoms with Crippen molar-refractivity contribution in [3.63, 3.8) is 0 Å². The normalized spacial score (nSPS) is 11.9. The number of carbonyl (C=O) groups excluding carboxylic acids is 1. The molecule has 0 radical (unpaired) electrons. The molecule has 1 rings (SSSR count). The first-order valence-electron chi connectivity index (χ1n) is 5.12. The second kappa shape index (κ2) is 5.94. The van der Waals surface area contributed by atoms with Gasteiger partial charge in [-0.1, -0.05) is 29.3 Å². The van der Waals surface area contributed by atoms with Gasteiger partial charge in [0, 0.05) is 11.7 Å². The first kappa shape index (κ1) is 13.9. The fourth-order valence-corrected chi connectivity index (χ4v) is 1.81. The summed E-state index contributed by atoms with van der Waals surface area (Å²) in [6.45, 7) is 5.48. The van der Waals surface area contributed by atoms with E-state index in [2.05, 4.69) is 11.9 Å². The molecule has 1 unspecified atom stereocenters. The summed E-state index contributed by atoms with van der Waals surface area (Å²) in [7, 11) is 0. The summed E-state index contributed by atoms with van der Waals surface area (Å²) in [5.74, 6) is -0.293. The summed E-state index contributed by atoms with van der Waals surface area (Å²) < 4.78 is 0. The summed E-state index contributed by atoms with van der Waals surface area (Å²) in [4.78, 5) is 11.9. The SMILES string of the molecule is C=CCC(C)NC(=O)c1cc(N)cc(Cl)c1Cl. The van der Waals surface area contributed by atoms with Crippen LogP contribution in [-0.4, -0.2) is 11.9 Å². The van der Waals surface area contributed by atoms with Gasteiger partial charge in [-0.25, -0.2) is 0 Å². The van der Waals surface area contributed by atoms with E-state index in [-0.39, 0.29) is 27.6 Å². The van der Waals surface area contributed by atoms with Gasteiger partial charge in [0.1, 0.15) is 0 Å². The number of nitrogens with two attached hydrogens (primary N) is 1. The molecule has 3 N–H and O–H groups in total. The molecule has 17 heavy (non-hydrogen) atoms. The molecule has 0 saturated heterocycles. The van der Waals surface area contributed by atoms with Crippen molar-refractivity contribution in [3.8, 4) is 0 Å². The van der Waals surface area contributed by atoms with Gasteiger partial charge >= 0.3 is 0 Å². The lowest BCUT2D eigenvalue weighted by Gasteiger charge is -2.13. The Morgan fingerprint density at radius 2 is 2.24 bits per heavy atom. The van der Waals surface area contributed by atoms with Gasteiger partial charge < -0.3 is 11.1 Å². The summed E-state index contributed by atoms with van der Waals surface area (Å²) in [5, 5.41) is 3.27. The molecular weight excluding hydrogens is 259 g/mol. The Kier molecular flexibility index (Phi) is 4.85. The van der Waals surface area contributed by atoms with Crippen molar-refractivity contribution in [2.75, 3.05) is 5.73 Å². The third-order valence-electron chi connectivity index (χ3n) is 2.19. The minimum absolute atomic E-state index is 0.0173. The second-order valence-corrected chi connectivity index (χ2v) is 4.55. The van der Waals surface area contributed by atoms with Gasteiger partial charge in [0.05, 0.1) is 15.6 Å². The third-order valence-corrected chi connectivity index (χ3v) is 2.99. The number of nitrogen functional groups attached to an aromatic ring is 1. The third kappa shape index (κ3) is 3.65. The first-order chi connectivity index (χ1) is 7.95. The van der Waals surface area contributed by atoms with Crippen LogP contribution in [0.4, 0.5) is 5.69 Å². The molecule has 5 heteroatoms. The van der Waals surface area contributed by atoms with E-state index < -0.39 is 0 Å². The van der Waals surface area contributed by atoms with Crippen molar-refractivity contribution in [2.45, 2.75) is 19.4 Å². The van der Waals surface area contributed by atoms with Crippen LogP contribution in [0.25, 0.3) is 0 Å². The van der Waals surface area contributed by atoms with E-state index in [1.54, 1.807) is 6.08 Å². The summed E-state index contributed by atoms with van der Waals surface area (Å²) in [5.41, 5.74) is 6.30. The zero-order valence-corrected chi connectivity index (χ0v) is 11.0. The van der Waals surface area contributed by atoms with Crippen molar-refractivity contribution < 1.29 is 4.79 Å². The highest BCUT2D eigenvalue weighted by atomic mass is 35.5. The molecule has 0 spiro atoms. The summed E-state index contributed by atoms with van der Waals surface area (Å²) >= 11 is 11.8. The lowest BCUT2D eigenvalue weighted by Crippen LogP contribution is -2.32. The van der Waals surface area contributed by atoms with Crippen LogP contribution in [0.15, 0.2) is 24.8 Å². The number of rotatable bonds is 4. The van der Waals surface area contributed by atoms with Crippen molar-refractivity contribution in [2.24, 2.45) is 0 Å². The number of benzene rings is 1. The maximum atomic E-state index is 11.9. The standard InChI is InChI=1S/C12H14Cl2N2O/c1-3-4-7(2)16-12(17)9-5-8(15)6-10(13)11(9)14/h3,5-7H,1,4,15H2,2H3,(H,16,17). The van der Waals surface area contributed by atoms with Gasteiger partial charge in [0.15, 0.2) is 0 Å². The topological polar surface area (TPSA) is 55.1 Å². The Hall–Kier alpha value is -1.19. The van der Waals surface area contributed by atoms with E-state index in [1.807, 2.05) is 6.92 Å². The molecule has 1 aromatic rings. The number of amides is 1. The predicted molar refractivity (Wildman–Crippen MR) is 72.6 cm³/mol. The Bertz CT molecular complexity index is 446. The molecule has 1 atom stereocenters. The number of hydrogen-bond acceptors (Lipinski definition) is 2. The van der Waals surface area contributed by atoms with Crippen molar-refractivity contribution in [1.29, 1.82) is 0 Å². The van der Waals surface area contributed by atoms with Crippen LogP contribution in [0.2, 0.25) is 10.0 Å². The number of carbonyl (C=O) groups is 1. The van der Waals surface area contributed by atoms with Crippen LogP contribution >= 0.6 is 23.2 Å². The lowest BCUT2D eigenvalue weighted by molar-refractivity contribution is 0.0940. The van der Waals surface area contributed by atoms with Gasteiger partial charge in [0.2, 0.25) is 0 Å². The van der Waals surface area contributed by atoms with Gasteiger partial charge in [-0.05, 0) is 25.5 Å². The molecule has 1 amide bonds. The van der Waals surface area contributed by atoms with Crippen molar-refractivity contribution in [3.05, 3.63) is 40.4 Å². The molecule has 0 aliphatic carbocycles. The van der Waals surface area contributed by atoms with Crippen molar-refractivity contribution >= 4 is 34.8 Å². The fourth-order valence-electron chi connectivity index (χ4n) is 1.39. The van der Waals surface area contributed by atoms with E-state index in [0.29, 0.717) is 12.1 Å². The fraction of sp³-hybridized carbons (Fsp3) is 0.250. The molecule has 1 aromatic carbocycles. The quantitative estimate of drug-likeness (QED) is 0.653. The predicted octanol–water partition coefficient (Wildman–Crippen LogP) is 3.27. The molecule has 92 valence electrons. The summed E-state index contributed by atoms with van der Waals surface area (Å²) in [6.07, 6.45) is 2.41. The van der Waals surface area contributed by atoms with Gasteiger partial charge in [-0.3, -0.25) is 4.79 Å². The van der Waals surface area contributed by atoms with Crippen LogP contribution in [-0.2, 0) is 0 Å².